The molecule has 1 aromatic rings. The third kappa shape index (κ3) is 3.33. The molecule has 1 atom stereocenters. The van der Waals surface area contributed by atoms with E-state index in [0.717, 1.165) is 24.3 Å². The van der Waals surface area contributed by atoms with Gasteiger partial charge in [0.05, 0.1) is 5.54 Å². The SMILES string of the molecule is CCCC(C)(N)C(=O)NCC1(c2cccc(Cl)c2)CC1. The molecule has 0 aromatic heterocycles. The molecule has 1 aromatic carbocycles. The minimum atomic E-state index is -0.779. The Morgan fingerprint density at radius 3 is 2.75 bits per heavy atom. The van der Waals surface area contributed by atoms with Gasteiger partial charge in [0.2, 0.25) is 5.91 Å². The van der Waals surface area contributed by atoms with Crippen molar-refractivity contribution < 1.29 is 4.79 Å². The predicted octanol–water partition coefficient (Wildman–Crippen LogP) is 3.01. The smallest absolute Gasteiger partial charge is 0.239 e. The summed E-state index contributed by atoms with van der Waals surface area (Å²) in [6, 6.07) is 7.91. The summed E-state index contributed by atoms with van der Waals surface area (Å²) in [6.07, 6.45) is 3.77. The molecular formula is C16H23ClN2O. The van der Waals surface area contributed by atoms with Crippen molar-refractivity contribution in [2.75, 3.05) is 6.54 Å². The minimum absolute atomic E-state index is 0.0584. The van der Waals surface area contributed by atoms with E-state index in [9.17, 15) is 4.79 Å². The van der Waals surface area contributed by atoms with Gasteiger partial charge in [-0.2, -0.15) is 0 Å². The maximum absolute atomic E-state index is 12.2. The van der Waals surface area contributed by atoms with E-state index in [4.69, 9.17) is 17.3 Å². The highest BCUT2D eigenvalue weighted by Gasteiger charge is 2.45. The van der Waals surface area contributed by atoms with E-state index >= 15 is 0 Å². The first-order valence-electron chi connectivity index (χ1n) is 7.23. The second-order valence-corrected chi connectivity index (χ2v) is 6.58. The Balaban J connectivity index is 1.99. The van der Waals surface area contributed by atoms with Gasteiger partial charge in [0, 0.05) is 17.0 Å². The molecule has 1 aliphatic carbocycles. The second-order valence-electron chi connectivity index (χ2n) is 6.14. The first-order chi connectivity index (χ1) is 9.39. The number of hydrogen-bond acceptors (Lipinski definition) is 2. The van der Waals surface area contributed by atoms with Crippen LogP contribution in [0.4, 0.5) is 0 Å². The Bertz CT molecular complexity index is 495. The molecule has 4 heteroatoms. The fourth-order valence-corrected chi connectivity index (χ4v) is 2.81. The lowest BCUT2D eigenvalue weighted by Crippen LogP contribution is -2.52. The zero-order valence-corrected chi connectivity index (χ0v) is 13.0. The molecule has 0 spiro atoms. The summed E-state index contributed by atoms with van der Waals surface area (Å²) >= 11 is 6.05. The summed E-state index contributed by atoms with van der Waals surface area (Å²) in [4.78, 5) is 12.2. The molecule has 3 nitrogen and oxygen atoms in total. The molecule has 0 saturated heterocycles. The van der Waals surface area contributed by atoms with Gasteiger partial charge < -0.3 is 11.1 Å². The molecule has 3 N–H and O–H groups in total. The molecule has 20 heavy (non-hydrogen) atoms. The van der Waals surface area contributed by atoms with Gasteiger partial charge in [0.25, 0.3) is 0 Å². The van der Waals surface area contributed by atoms with Gasteiger partial charge in [-0.05, 0) is 43.9 Å². The van der Waals surface area contributed by atoms with Crippen molar-refractivity contribution >= 4 is 17.5 Å². The average molecular weight is 295 g/mol. The quantitative estimate of drug-likeness (QED) is 0.847. The monoisotopic (exact) mass is 294 g/mol. The fraction of sp³-hybridized carbons (Fsp3) is 0.562. The van der Waals surface area contributed by atoms with Crippen LogP contribution in [0.25, 0.3) is 0 Å². The summed E-state index contributed by atoms with van der Waals surface area (Å²) in [5.74, 6) is -0.0624. The number of amides is 1. The van der Waals surface area contributed by atoms with E-state index in [1.54, 1.807) is 6.92 Å². The third-order valence-electron chi connectivity index (χ3n) is 4.17. The number of halogens is 1. The van der Waals surface area contributed by atoms with Gasteiger partial charge in [-0.3, -0.25) is 4.79 Å². The molecule has 1 aliphatic rings. The normalized spacial score (nSPS) is 19.2. The van der Waals surface area contributed by atoms with Crippen LogP contribution in [0, 0.1) is 0 Å². The Morgan fingerprint density at radius 1 is 1.50 bits per heavy atom. The molecule has 2 rings (SSSR count). The van der Waals surface area contributed by atoms with Crippen molar-refractivity contribution in [1.29, 1.82) is 0 Å². The van der Waals surface area contributed by atoms with Crippen LogP contribution in [-0.4, -0.2) is 18.0 Å². The highest BCUT2D eigenvalue weighted by Crippen LogP contribution is 2.48. The Kier molecular flexibility index (Phi) is 4.40. The highest BCUT2D eigenvalue weighted by molar-refractivity contribution is 6.30. The van der Waals surface area contributed by atoms with Gasteiger partial charge in [-0.1, -0.05) is 37.1 Å². The Morgan fingerprint density at radius 2 is 2.20 bits per heavy atom. The number of rotatable bonds is 6. The summed E-state index contributed by atoms with van der Waals surface area (Å²) in [5, 5.41) is 3.77. The molecule has 110 valence electrons. The zero-order valence-electron chi connectivity index (χ0n) is 12.2. The van der Waals surface area contributed by atoms with Gasteiger partial charge in [0.15, 0.2) is 0 Å². The van der Waals surface area contributed by atoms with Crippen molar-refractivity contribution in [1.82, 2.24) is 5.32 Å². The largest absolute Gasteiger partial charge is 0.354 e. The van der Waals surface area contributed by atoms with Crippen LogP contribution < -0.4 is 11.1 Å². The van der Waals surface area contributed by atoms with Gasteiger partial charge in [0.1, 0.15) is 0 Å². The van der Waals surface area contributed by atoms with E-state index in [-0.39, 0.29) is 11.3 Å². The van der Waals surface area contributed by atoms with E-state index < -0.39 is 5.54 Å². The standard InChI is InChI=1S/C16H23ClN2O/c1-3-7-15(2,18)14(20)19-11-16(8-9-16)12-5-4-6-13(17)10-12/h4-6,10H,3,7-9,11,18H2,1-2H3,(H,19,20). The first kappa shape index (κ1) is 15.3. The lowest BCUT2D eigenvalue weighted by Gasteiger charge is -2.25. The average Bonchev–Trinajstić information content (AvgIpc) is 3.17. The highest BCUT2D eigenvalue weighted by atomic mass is 35.5. The van der Waals surface area contributed by atoms with Gasteiger partial charge >= 0.3 is 0 Å². The Hall–Kier alpha value is -1.06. The van der Waals surface area contributed by atoms with Crippen molar-refractivity contribution in [3.63, 3.8) is 0 Å². The van der Waals surface area contributed by atoms with Crippen LogP contribution in [0.1, 0.15) is 45.1 Å². The molecule has 1 fully saturated rings. The van der Waals surface area contributed by atoms with Crippen LogP contribution in [0.15, 0.2) is 24.3 Å². The number of benzene rings is 1. The van der Waals surface area contributed by atoms with Crippen LogP contribution in [-0.2, 0) is 10.2 Å². The molecule has 0 aliphatic heterocycles. The molecule has 1 saturated carbocycles. The summed E-state index contributed by atoms with van der Waals surface area (Å²) in [5.41, 5.74) is 6.54. The van der Waals surface area contributed by atoms with E-state index in [1.165, 1.54) is 5.56 Å². The van der Waals surface area contributed by atoms with Crippen LogP contribution >= 0.6 is 11.6 Å². The van der Waals surface area contributed by atoms with Crippen molar-refractivity contribution in [3.05, 3.63) is 34.9 Å². The summed E-state index contributed by atoms with van der Waals surface area (Å²) < 4.78 is 0. The zero-order chi connectivity index (χ0) is 14.8. The van der Waals surface area contributed by atoms with E-state index in [2.05, 4.69) is 11.4 Å². The molecule has 1 unspecified atom stereocenters. The summed E-state index contributed by atoms with van der Waals surface area (Å²) in [7, 11) is 0. The summed E-state index contributed by atoms with van der Waals surface area (Å²) in [6.45, 7) is 4.47. The second kappa shape index (κ2) is 5.74. The third-order valence-corrected chi connectivity index (χ3v) is 4.40. The predicted molar refractivity (Wildman–Crippen MR) is 82.9 cm³/mol. The molecule has 1 amide bonds. The van der Waals surface area contributed by atoms with Crippen LogP contribution in [0.2, 0.25) is 5.02 Å². The van der Waals surface area contributed by atoms with Crippen LogP contribution in [0.3, 0.4) is 0 Å². The van der Waals surface area contributed by atoms with E-state index in [1.807, 2.05) is 25.1 Å². The number of nitrogens with two attached hydrogens (primary N) is 1. The maximum atomic E-state index is 12.2. The lowest BCUT2D eigenvalue weighted by molar-refractivity contribution is -0.126. The molecular weight excluding hydrogens is 272 g/mol. The topological polar surface area (TPSA) is 55.1 Å². The van der Waals surface area contributed by atoms with Crippen molar-refractivity contribution in [2.45, 2.75) is 50.5 Å². The van der Waals surface area contributed by atoms with Gasteiger partial charge in [-0.25, -0.2) is 0 Å². The molecule has 0 radical (unpaired) electrons. The molecule has 0 bridgehead atoms. The number of carbonyl (C=O) groups is 1. The minimum Gasteiger partial charge on any atom is -0.354 e. The number of nitrogens with one attached hydrogen (secondary N) is 1. The fourth-order valence-electron chi connectivity index (χ4n) is 2.62. The maximum Gasteiger partial charge on any atom is 0.239 e. The number of carbonyl (C=O) groups excluding carboxylic acids is 1. The van der Waals surface area contributed by atoms with E-state index in [0.29, 0.717) is 13.0 Å². The van der Waals surface area contributed by atoms with Crippen molar-refractivity contribution in [3.8, 4) is 0 Å². The number of hydrogen-bond donors (Lipinski definition) is 2. The lowest BCUT2D eigenvalue weighted by atomic mass is 9.93. The molecule has 0 heterocycles. The van der Waals surface area contributed by atoms with Crippen molar-refractivity contribution in [2.24, 2.45) is 5.73 Å². The Labute approximate surface area is 125 Å². The van der Waals surface area contributed by atoms with Crippen LogP contribution in [0.5, 0.6) is 0 Å². The van der Waals surface area contributed by atoms with Gasteiger partial charge in [-0.15, -0.1) is 0 Å². The first-order valence-corrected chi connectivity index (χ1v) is 7.61.